The molecule has 0 fully saturated rings. The van der Waals surface area contributed by atoms with Crippen LogP contribution in [0.3, 0.4) is 0 Å². The Morgan fingerprint density at radius 1 is 1.32 bits per heavy atom. The summed E-state index contributed by atoms with van der Waals surface area (Å²) < 4.78 is 0. The molecule has 1 aliphatic carbocycles. The number of urea groups is 1. The van der Waals surface area contributed by atoms with E-state index in [1.54, 1.807) is 0 Å². The topological polar surface area (TPSA) is 90.5 Å². The summed E-state index contributed by atoms with van der Waals surface area (Å²) in [4.78, 5) is 23.8. The molecule has 0 saturated carbocycles. The van der Waals surface area contributed by atoms with Gasteiger partial charge in [-0.1, -0.05) is 30.8 Å². The third-order valence-electron chi connectivity index (χ3n) is 3.93. The third-order valence-corrected chi connectivity index (χ3v) is 3.93. The highest BCUT2D eigenvalue weighted by atomic mass is 16.3. The lowest BCUT2D eigenvalue weighted by atomic mass is 9.87. The van der Waals surface area contributed by atoms with Crippen molar-refractivity contribution >= 4 is 11.9 Å². The molecule has 6 nitrogen and oxygen atoms in total. The van der Waals surface area contributed by atoms with Crippen LogP contribution >= 0.6 is 0 Å². The van der Waals surface area contributed by atoms with Crippen molar-refractivity contribution in [3.8, 4) is 0 Å². The Hall–Kier alpha value is -2.76. The second kappa shape index (κ2) is 5.55. The van der Waals surface area contributed by atoms with Gasteiger partial charge in [-0.2, -0.15) is 0 Å². The van der Waals surface area contributed by atoms with Gasteiger partial charge in [-0.25, -0.2) is 4.79 Å². The molecule has 1 aromatic rings. The molecule has 22 heavy (non-hydrogen) atoms. The van der Waals surface area contributed by atoms with E-state index in [2.05, 4.69) is 28.6 Å². The van der Waals surface area contributed by atoms with Crippen LogP contribution in [0.2, 0.25) is 0 Å². The SMILES string of the molecule is C=C1NC(=O)NC(C(=O)N[C@H]2CCCc3ccccc32)=C1O. The Morgan fingerprint density at radius 2 is 2.09 bits per heavy atom. The van der Waals surface area contributed by atoms with Crippen molar-refractivity contribution in [1.29, 1.82) is 0 Å². The maximum Gasteiger partial charge on any atom is 0.324 e. The van der Waals surface area contributed by atoms with Gasteiger partial charge in [-0.15, -0.1) is 0 Å². The molecular weight excluding hydrogens is 282 g/mol. The van der Waals surface area contributed by atoms with Crippen LogP contribution in [-0.2, 0) is 11.2 Å². The molecule has 1 aromatic carbocycles. The Morgan fingerprint density at radius 3 is 2.91 bits per heavy atom. The van der Waals surface area contributed by atoms with E-state index in [0.717, 1.165) is 24.8 Å². The van der Waals surface area contributed by atoms with E-state index in [1.807, 2.05) is 18.2 Å². The minimum Gasteiger partial charge on any atom is -0.504 e. The molecular formula is C16H17N3O3. The van der Waals surface area contributed by atoms with Crippen molar-refractivity contribution < 1.29 is 14.7 Å². The van der Waals surface area contributed by atoms with Crippen LogP contribution in [-0.4, -0.2) is 17.0 Å². The summed E-state index contributed by atoms with van der Waals surface area (Å²) >= 11 is 0. The van der Waals surface area contributed by atoms with Crippen molar-refractivity contribution in [2.45, 2.75) is 25.3 Å². The Kier molecular flexibility index (Phi) is 3.58. The summed E-state index contributed by atoms with van der Waals surface area (Å²) in [5.41, 5.74) is 2.15. The Bertz CT molecular complexity index is 694. The average molecular weight is 299 g/mol. The zero-order valence-corrected chi connectivity index (χ0v) is 12.0. The number of carbonyl (C=O) groups is 2. The van der Waals surface area contributed by atoms with Gasteiger partial charge in [0.25, 0.3) is 5.91 Å². The minimum absolute atomic E-state index is 0.0120. The number of rotatable bonds is 2. The van der Waals surface area contributed by atoms with E-state index < -0.39 is 11.9 Å². The van der Waals surface area contributed by atoms with Gasteiger partial charge in [0.05, 0.1) is 11.7 Å². The average Bonchev–Trinajstić information content (AvgIpc) is 2.51. The molecule has 0 unspecified atom stereocenters. The third kappa shape index (κ3) is 2.55. The number of carbonyl (C=O) groups excluding carboxylic acids is 2. The quantitative estimate of drug-likeness (QED) is 0.671. The van der Waals surface area contributed by atoms with Gasteiger partial charge in [0.2, 0.25) is 0 Å². The van der Waals surface area contributed by atoms with Gasteiger partial charge < -0.3 is 15.7 Å². The van der Waals surface area contributed by atoms with E-state index in [9.17, 15) is 14.7 Å². The van der Waals surface area contributed by atoms with Crippen LogP contribution in [0.1, 0.15) is 30.0 Å². The summed E-state index contributed by atoms with van der Waals surface area (Å²) in [6.07, 6.45) is 2.80. The number of hydrogen-bond acceptors (Lipinski definition) is 3. The normalized spacial score (nSPS) is 20.8. The highest BCUT2D eigenvalue weighted by molar-refractivity contribution is 6.00. The summed E-state index contributed by atoms with van der Waals surface area (Å²) in [6, 6.07) is 7.25. The van der Waals surface area contributed by atoms with Crippen molar-refractivity contribution in [2.75, 3.05) is 0 Å². The Balaban J connectivity index is 1.82. The van der Waals surface area contributed by atoms with E-state index in [4.69, 9.17) is 0 Å². The minimum atomic E-state index is -0.586. The van der Waals surface area contributed by atoms with Crippen LogP contribution in [0.25, 0.3) is 0 Å². The van der Waals surface area contributed by atoms with Crippen molar-refractivity contribution in [3.63, 3.8) is 0 Å². The van der Waals surface area contributed by atoms with Gasteiger partial charge in [0, 0.05) is 0 Å². The fourth-order valence-electron chi connectivity index (χ4n) is 2.85. The molecule has 1 heterocycles. The van der Waals surface area contributed by atoms with E-state index >= 15 is 0 Å². The van der Waals surface area contributed by atoms with Gasteiger partial charge in [-0.05, 0) is 30.4 Å². The smallest absolute Gasteiger partial charge is 0.324 e. The van der Waals surface area contributed by atoms with Gasteiger partial charge in [0.1, 0.15) is 0 Å². The lowest BCUT2D eigenvalue weighted by molar-refractivity contribution is -0.118. The summed E-state index contributed by atoms with van der Waals surface area (Å²) in [6.45, 7) is 3.50. The predicted octanol–water partition coefficient (Wildman–Crippen LogP) is 1.78. The standard InChI is InChI=1S/C16H17N3O3/c1-9-14(20)13(19-16(22)17-9)15(21)18-12-8-4-6-10-5-2-3-7-11(10)12/h2-3,5,7,12,20H,1,4,6,8H2,(H,18,21)(H2,17,19,22)/t12-/m0/s1. The fourth-order valence-corrected chi connectivity index (χ4v) is 2.85. The number of aliphatic hydroxyl groups excluding tert-OH is 1. The molecule has 0 radical (unpaired) electrons. The first kappa shape index (κ1) is 14.2. The summed E-state index contributed by atoms with van der Waals surface area (Å²) in [7, 11) is 0. The molecule has 0 saturated heterocycles. The van der Waals surface area contributed by atoms with Crippen molar-refractivity contribution in [1.82, 2.24) is 16.0 Å². The molecule has 2 aliphatic rings. The van der Waals surface area contributed by atoms with Gasteiger partial charge in [0.15, 0.2) is 11.5 Å². The monoisotopic (exact) mass is 299 g/mol. The molecule has 0 aromatic heterocycles. The van der Waals surface area contributed by atoms with Crippen LogP contribution in [0, 0.1) is 0 Å². The van der Waals surface area contributed by atoms with Crippen LogP contribution < -0.4 is 16.0 Å². The second-order valence-electron chi connectivity index (χ2n) is 5.40. The van der Waals surface area contributed by atoms with Crippen molar-refractivity contribution in [2.24, 2.45) is 0 Å². The maximum absolute atomic E-state index is 12.4. The zero-order chi connectivity index (χ0) is 15.7. The number of benzene rings is 1. The highest BCUT2D eigenvalue weighted by Crippen LogP contribution is 2.29. The van der Waals surface area contributed by atoms with Gasteiger partial charge >= 0.3 is 6.03 Å². The Labute approximate surface area is 127 Å². The van der Waals surface area contributed by atoms with E-state index in [-0.39, 0.29) is 23.2 Å². The molecule has 1 atom stereocenters. The van der Waals surface area contributed by atoms with Crippen LogP contribution in [0.5, 0.6) is 0 Å². The van der Waals surface area contributed by atoms with E-state index in [1.165, 1.54) is 5.56 Å². The lowest BCUT2D eigenvalue weighted by Gasteiger charge is -2.27. The van der Waals surface area contributed by atoms with Crippen LogP contribution in [0.4, 0.5) is 4.79 Å². The second-order valence-corrected chi connectivity index (χ2v) is 5.40. The maximum atomic E-state index is 12.4. The lowest BCUT2D eigenvalue weighted by Crippen LogP contribution is -2.46. The molecule has 114 valence electrons. The van der Waals surface area contributed by atoms with Gasteiger partial charge in [-0.3, -0.25) is 10.1 Å². The van der Waals surface area contributed by atoms with Crippen LogP contribution in [0.15, 0.2) is 48.0 Å². The summed E-state index contributed by atoms with van der Waals surface area (Å²) in [5, 5.41) is 17.4. The van der Waals surface area contributed by atoms with Crippen molar-refractivity contribution in [3.05, 3.63) is 59.1 Å². The molecule has 0 bridgehead atoms. The first-order chi connectivity index (χ1) is 10.6. The predicted molar refractivity (Wildman–Crippen MR) is 80.7 cm³/mol. The number of aliphatic hydroxyl groups is 1. The number of aryl methyl sites for hydroxylation is 1. The number of amides is 3. The summed E-state index contributed by atoms with van der Waals surface area (Å²) in [5.74, 6) is -0.864. The first-order valence-corrected chi connectivity index (χ1v) is 7.15. The highest BCUT2D eigenvalue weighted by Gasteiger charge is 2.28. The number of hydrogen-bond donors (Lipinski definition) is 4. The molecule has 4 N–H and O–H groups in total. The molecule has 3 rings (SSSR count). The molecule has 0 spiro atoms. The molecule has 1 aliphatic heterocycles. The number of nitrogens with one attached hydrogen (secondary N) is 3. The largest absolute Gasteiger partial charge is 0.504 e. The van der Waals surface area contributed by atoms with E-state index in [0.29, 0.717) is 0 Å². The fraction of sp³-hybridized carbons (Fsp3) is 0.250. The number of fused-ring (bicyclic) bond motifs is 1. The molecule has 3 amide bonds. The molecule has 6 heteroatoms. The first-order valence-electron chi connectivity index (χ1n) is 7.15. The zero-order valence-electron chi connectivity index (χ0n) is 12.0.